The van der Waals surface area contributed by atoms with Crippen LogP contribution in [0.2, 0.25) is 0 Å². The maximum absolute atomic E-state index is 12.9. The molecule has 0 radical (unpaired) electrons. The number of carbonyl (C=O) groups is 2. The Hall–Kier alpha value is -1.97. The number of hydrogen-bond donors (Lipinski definition) is 1. The first-order valence-corrected chi connectivity index (χ1v) is 9.62. The van der Waals surface area contributed by atoms with Crippen molar-refractivity contribution in [2.45, 2.75) is 37.3 Å². The van der Waals surface area contributed by atoms with Gasteiger partial charge >= 0.3 is 5.97 Å². The first-order valence-electron chi connectivity index (χ1n) is 8.18. The fraction of sp³-hybridized carbons (Fsp3) is 0.529. The van der Waals surface area contributed by atoms with E-state index in [1.54, 1.807) is 13.0 Å². The molecule has 0 unspecified atom stereocenters. The lowest BCUT2D eigenvalue weighted by Crippen LogP contribution is -2.42. The summed E-state index contributed by atoms with van der Waals surface area (Å²) < 4.78 is 31.8. The number of hydrogen-bond acceptors (Lipinski definition) is 6. The van der Waals surface area contributed by atoms with E-state index in [0.717, 1.165) is 15.4 Å². The Balaban J connectivity index is 2.23. The number of esters is 1. The fourth-order valence-corrected chi connectivity index (χ4v) is 4.34. The van der Waals surface area contributed by atoms with E-state index in [0.29, 0.717) is 0 Å². The zero-order valence-corrected chi connectivity index (χ0v) is 16.1. The molecule has 26 heavy (non-hydrogen) atoms. The van der Waals surface area contributed by atoms with E-state index in [4.69, 9.17) is 4.74 Å². The molecule has 1 aliphatic rings. The maximum atomic E-state index is 12.9. The molecule has 1 saturated heterocycles. The molecule has 0 aliphatic carbocycles. The number of aliphatic hydroxyl groups is 1. The van der Waals surface area contributed by atoms with Crippen molar-refractivity contribution in [1.82, 2.24) is 9.21 Å². The van der Waals surface area contributed by atoms with Crippen molar-refractivity contribution in [2.75, 3.05) is 27.2 Å². The second kappa shape index (κ2) is 7.73. The first-order chi connectivity index (χ1) is 12.0. The number of likely N-dealkylation sites (N-methyl/N-ethyl adjacent to an activating group) is 1. The van der Waals surface area contributed by atoms with Crippen molar-refractivity contribution in [3.05, 3.63) is 29.3 Å². The number of aryl methyl sites for hydroxylation is 2. The zero-order chi connectivity index (χ0) is 19.6. The molecule has 8 nitrogen and oxygen atoms in total. The minimum Gasteiger partial charge on any atom is -0.454 e. The lowest BCUT2D eigenvalue weighted by atomic mass is 10.1. The molecule has 0 spiro atoms. The normalized spacial score (nSPS) is 20.8. The van der Waals surface area contributed by atoms with Crippen LogP contribution in [0, 0.1) is 13.8 Å². The molecule has 1 heterocycles. The van der Waals surface area contributed by atoms with E-state index in [-0.39, 0.29) is 17.9 Å². The molecule has 1 aliphatic heterocycles. The third-order valence-electron chi connectivity index (χ3n) is 4.43. The number of ether oxygens (including phenoxy) is 1. The Bertz CT molecular complexity index is 805. The number of amides is 1. The van der Waals surface area contributed by atoms with Crippen molar-refractivity contribution in [1.29, 1.82) is 0 Å². The number of carbonyl (C=O) groups excluding carboxylic acids is 2. The molecule has 0 saturated carbocycles. The van der Waals surface area contributed by atoms with Crippen molar-refractivity contribution in [3.63, 3.8) is 0 Å². The van der Waals surface area contributed by atoms with Gasteiger partial charge in [-0.25, -0.2) is 8.42 Å². The quantitative estimate of drug-likeness (QED) is 0.720. The van der Waals surface area contributed by atoms with Crippen molar-refractivity contribution in [2.24, 2.45) is 0 Å². The average Bonchev–Trinajstić information content (AvgIpc) is 2.97. The lowest BCUT2D eigenvalue weighted by Gasteiger charge is -2.23. The minimum absolute atomic E-state index is 0.0527. The van der Waals surface area contributed by atoms with E-state index >= 15 is 0 Å². The van der Waals surface area contributed by atoms with Crippen LogP contribution < -0.4 is 0 Å². The fourth-order valence-electron chi connectivity index (χ4n) is 2.63. The standard InChI is InChI=1S/C17H24N2O6S/c1-11-5-6-14(7-12(11)2)26(23,24)19-9-13(20)8-15(19)17(22)25-10-16(21)18(3)4/h5-7,13,15,20H,8-10H2,1-4H3/t13-,15+/m1/s1. The van der Waals surface area contributed by atoms with Gasteiger partial charge in [-0.15, -0.1) is 0 Å². The summed E-state index contributed by atoms with van der Waals surface area (Å²) in [4.78, 5) is 25.2. The van der Waals surface area contributed by atoms with Gasteiger partial charge in [0, 0.05) is 27.1 Å². The highest BCUT2D eigenvalue weighted by Crippen LogP contribution is 2.28. The van der Waals surface area contributed by atoms with Crippen LogP contribution in [0.25, 0.3) is 0 Å². The number of β-amino-alcohol motifs (C(OH)–C–C–N with tert-alkyl or cyclic N) is 1. The Morgan fingerprint density at radius 2 is 1.92 bits per heavy atom. The summed E-state index contributed by atoms with van der Waals surface area (Å²) in [5.74, 6) is -1.26. The molecule has 1 N–H and O–H groups in total. The summed E-state index contributed by atoms with van der Waals surface area (Å²) >= 11 is 0. The number of nitrogens with zero attached hydrogens (tertiary/aromatic N) is 2. The topological polar surface area (TPSA) is 104 Å². The highest BCUT2D eigenvalue weighted by molar-refractivity contribution is 7.89. The molecule has 144 valence electrons. The molecule has 1 aromatic rings. The Morgan fingerprint density at radius 1 is 1.27 bits per heavy atom. The van der Waals surface area contributed by atoms with Crippen LogP contribution in [0.4, 0.5) is 0 Å². The molecule has 2 atom stereocenters. The number of benzene rings is 1. The first kappa shape index (κ1) is 20.3. The Kier molecular flexibility index (Phi) is 6.05. The van der Waals surface area contributed by atoms with Gasteiger partial charge in [0.05, 0.1) is 11.0 Å². The van der Waals surface area contributed by atoms with Gasteiger partial charge in [-0.2, -0.15) is 4.31 Å². The van der Waals surface area contributed by atoms with Crippen LogP contribution >= 0.6 is 0 Å². The van der Waals surface area contributed by atoms with E-state index in [1.807, 2.05) is 6.92 Å². The summed E-state index contributed by atoms with van der Waals surface area (Å²) in [7, 11) is -0.943. The van der Waals surface area contributed by atoms with Crippen LogP contribution in [0.5, 0.6) is 0 Å². The number of rotatable bonds is 5. The second-order valence-corrected chi connectivity index (χ2v) is 8.51. The van der Waals surface area contributed by atoms with Gasteiger partial charge in [-0.3, -0.25) is 9.59 Å². The molecule has 0 aromatic heterocycles. The van der Waals surface area contributed by atoms with Gasteiger partial charge in [-0.05, 0) is 37.1 Å². The number of sulfonamides is 1. The predicted molar refractivity (Wildman–Crippen MR) is 93.9 cm³/mol. The predicted octanol–water partition coefficient (Wildman–Crippen LogP) is 0.0587. The lowest BCUT2D eigenvalue weighted by molar-refractivity contribution is -0.153. The Labute approximate surface area is 153 Å². The third kappa shape index (κ3) is 4.22. The van der Waals surface area contributed by atoms with Crippen LogP contribution in [-0.4, -0.2) is 74.0 Å². The van der Waals surface area contributed by atoms with Gasteiger partial charge in [0.1, 0.15) is 6.04 Å². The molecule has 1 fully saturated rings. The van der Waals surface area contributed by atoms with Gasteiger partial charge in [-0.1, -0.05) is 6.07 Å². The van der Waals surface area contributed by atoms with Crippen LogP contribution in [-0.2, 0) is 24.3 Å². The third-order valence-corrected chi connectivity index (χ3v) is 6.30. The molecule has 1 aromatic carbocycles. The molecule has 1 amide bonds. The second-order valence-electron chi connectivity index (χ2n) is 6.62. The zero-order valence-electron chi connectivity index (χ0n) is 15.3. The molecule has 2 rings (SSSR count). The monoisotopic (exact) mass is 384 g/mol. The van der Waals surface area contributed by atoms with E-state index in [9.17, 15) is 23.1 Å². The van der Waals surface area contributed by atoms with Gasteiger partial charge in [0.25, 0.3) is 5.91 Å². The van der Waals surface area contributed by atoms with Gasteiger partial charge in [0.15, 0.2) is 6.61 Å². The summed E-state index contributed by atoms with van der Waals surface area (Å²) in [5.41, 5.74) is 1.75. The largest absolute Gasteiger partial charge is 0.454 e. The maximum Gasteiger partial charge on any atom is 0.325 e. The summed E-state index contributed by atoms with van der Waals surface area (Å²) in [5, 5.41) is 9.90. The highest BCUT2D eigenvalue weighted by atomic mass is 32.2. The van der Waals surface area contributed by atoms with Gasteiger partial charge < -0.3 is 14.7 Å². The van der Waals surface area contributed by atoms with Crippen molar-refractivity contribution >= 4 is 21.9 Å². The summed E-state index contributed by atoms with van der Waals surface area (Å²) in [6.07, 6.45) is -1.04. The highest BCUT2D eigenvalue weighted by Gasteiger charge is 2.44. The summed E-state index contributed by atoms with van der Waals surface area (Å²) in [6, 6.07) is 3.54. The van der Waals surface area contributed by atoms with Crippen molar-refractivity contribution < 1.29 is 27.9 Å². The molecule has 9 heteroatoms. The Morgan fingerprint density at radius 3 is 2.50 bits per heavy atom. The van der Waals surface area contributed by atoms with Crippen LogP contribution in [0.1, 0.15) is 17.5 Å². The molecular formula is C17H24N2O6S. The van der Waals surface area contributed by atoms with E-state index in [2.05, 4.69) is 0 Å². The van der Waals surface area contributed by atoms with Crippen LogP contribution in [0.3, 0.4) is 0 Å². The summed E-state index contributed by atoms with van der Waals surface area (Å²) in [6.45, 7) is 2.99. The van der Waals surface area contributed by atoms with E-state index in [1.165, 1.54) is 31.1 Å². The van der Waals surface area contributed by atoms with Crippen molar-refractivity contribution in [3.8, 4) is 0 Å². The molecule has 0 bridgehead atoms. The van der Waals surface area contributed by atoms with Crippen LogP contribution in [0.15, 0.2) is 23.1 Å². The smallest absolute Gasteiger partial charge is 0.325 e. The SMILES string of the molecule is Cc1ccc(S(=O)(=O)N2C[C@H](O)C[C@H]2C(=O)OCC(=O)N(C)C)cc1C. The minimum atomic E-state index is -3.98. The molecular weight excluding hydrogens is 360 g/mol. The average molecular weight is 384 g/mol. The van der Waals surface area contributed by atoms with E-state index < -0.39 is 40.7 Å². The number of aliphatic hydroxyl groups excluding tert-OH is 1. The van der Waals surface area contributed by atoms with Gasteiger partial charge in [0.2, 0.25) is 10.0 Å².